The van der Waals surface area contributed by atoms with Crippen LogP contribution in [0, 0.1) is 0 Å². The fraction of sp³-hybridized carbons (Fsp3) is 0.412. The largest absolute Gasteiger partial charge is 2.00 e. The van der Waals surface area contributed by atoms with Crippen molar-refractivity contribution in [1.29, 1.82) is 0 Å². The van der Waals surface area contributed by atoms with Gasteiger partial charge in [0, 0.05) is 6.54 Å². The molecule has 0 bridgehead atoms. The van der Waals surface area contributed by atoms with E-state index < -0.39 is 5.60 Å². The van der Waals surface area contributed by atoms with E-state index in [4.69, 9.17) is 0 Å². The van der Waals surface area contributed by atoms with Gasteiger partial charge in [0.25, 0.3) is 0 Å². The summed E-state index contributed by atoms with van der Waals surface area (Å²) in [5.41, 5.74) is 4.06. The van der Waals surface area contributed by atoms with Crippen LogP contribution in [0.5, 0.6) is 0 Å². The number of allylic oxidation sites excluding steroid dienone is 2. The first-order chi connectivity index (χ1) is 8.89. The summed E-state index contributed by atoms with van der Waals surface area (Å²) in [5.74, 6) is 0. The van der Waals surface area contributed by atoms with Crippen molar-refractivity contribution in [2.45, 2.75) is 25.9 Å². The second-order valence-electron chi connectivity index (χ2n) is 5.95. The van der Waals surface area contributed by atoms with Crippen molar-refractivity contribution in [3.8, 4) is 0 Å². The summed E-state index contributed by atoms with van der Waals surface area (Å²) < 4.78 is 0. The van der Waals surface area contributed by atoms with Crippen molar-refractivity contribution in [3.63, 3.8) is 0 Å². The standard InChI is InChI=1S/C17H23NO.2ClH.Ti/c1-17(2,19)16-11-6-5-9-15(16)14-10-7-8-13(14)12-18(3)4;;;/h5-9,11,19H,10,12H2,1-4H3;2*1H;/q;;;+2/p-2. The first-order valence-corrected chi connectivity index (χ1v) is 6.75. The molecule has 0 aliphatic heterocycles. The maximum atomic E-state index is 10.3. The molecule has 0 spiro atoms. The average molecular weight is 376 g/mol. The van der Waals surface area contributed by atoms with E-state index in [9.17, 15) is 5.11 Å². The number of hydrogen-bond donors (Lipinski definition) is 1. The van der Waals surface area contributed by atoms with Gasteiger partial charge in [0.05, 0.1) is 5.60 Å². The molecule has 1 N–H and O–H groups in total. The molecule has 0 amide bonds. The molecule has 2 rings (SSSR count). The van der Waals surface area contributed by atoms with E-state index >= 15 is 0 Å². The Morgan fingerprint density at radius 2 is 1.73 bits per heavy atom. The van der Waals surface area contributed by atoms with Gasteiger partial charge in [-0.1, -0.05) is 36.4 Å². The molecule has 0 aromatic heterocycles. The molecule has 0 atom stereocenters. The zero-order chi connectivity index (χ0) is 14.0. The van der Waals surface area contributed by atoms with Gasteiger partial charge in [-0.3, -0.25) is 0 Å². The minimum Gasteiger partial charge on any atom is -1.00 e. The van der Waals surface area contributed by atoms with E-state index in [0.717, 1.165) is 18.5 Å². The van der Waals surface area contributed by atoms with E-state index in [0.29, 0.717) is 0 Å². The minimum atomic E-state index is -0.810. The van der Waals surface area contributed by atoms with Crippen molar-refractivity contribution in [3.05, 3.63) is 53.1 Å². The van der Waals surface area contributed by atoms with Crippen LogP contribution in [0.15, 0.2) is 42.0 Å². The molecule has 0 saturated heterocycles. The van der Waals surface area contributed by atoms with Crippen LogP contribution in [0.4, 0.5) is 0 Å². The quantitative estimate of drug-likeness (QED) is 0.574. The molecule has 1 aromatic rings. The van der Waals surface area contributed by atoms with Crippen LogP contribution in [0.2, 0.25) is 0 Å². The van der Waals surface area contributed by atoms with Gasteiger partial charge >= 0.3 is 21.7 Å². The molecule has 5 heteroatoms. The molecule has 0 fully saturated rings. The molecule has 1 aliphatic rings. The number of aliphatic hydroxyl groups is 1. The van der Waals surface area contributed by atoms with E-state index in [-0.39, 0.29) is 46.5 Å². The number of likely N-dealkylation sites (N-methyl/N-ethyl adjacent to an activating group) is 1. The van der Waals surface area contributed by atoms with Gasteiger partial charge in [0.15, 0.2) is 0 Å². The molecule has 1 aliphatic carbocycles. The molecule has 0 radical (unpaired) electrons. The molecular weight excluding hydrogens is 353 g/mol. The van der Waals surface area contributed by atoms with Crippen LogP contribution in [0.1, 0.15) is 31.4 Å². The van der Waals surface area contributed by atoms with Crippen LogP contribution >= 0.6 is 0 Å². The number of rotatable bonds is 4. The van der Waals surface area contributed by atoms with Gasteiger partial charge in [-0.15, -0.1) is 0 Å². The summed E-state index contributed by atoms with van der Waals surface area (Å²) >= 11 is 0. The monoisotopic (exact) mass is 375 g/mol. The zero-order valence-corrected chi connectivity index (χ0v) is 16.6. The Labute approximate surface area is 161 Å². The summed E-state index contributed by atoms with van der Waals surface area (Å²) in [7, 11) is 4.16. The Balaban J connectivity index is 0. The maximum Gasteiger partial charge on any atom is 2.00 e. The summed E-state index contributed by atoms with van der Waals surface area (Å²) in [6.45, 7) is 4.63. The predicted molar refractivity (Wildman–Crippen MR) is 80.9 cm³/mol. The molecule has 120 valence electrons. The van der Waals surface area contributed by atoms with E-state index in [1.807, 2.05) is 32.0 Å². The first kappa shape index (κ1) is 24.2. The van der Waals surface area contributed by atoms with Crippen LogP contribution in [-0.2, 0) is 27.3 Å². The van der Waals surface area contributed by atoms with Gasteiger partial charge in [0.1, 0.15) is 0 Å². The Morgan fingerprint density at radius 3 is 2.27 bits per heavy atom. The molecular formula is C17H23Cl2NOTi. The second kappa shape index (κ2) is 9.92. The molecule has 0 saturated carbocycles. The smallest absolute Gasteiger partial charge is 1.00 e. The SMILES string of the molecule is CN(C)CC1=C(c2ccccc2C(C)(C)O)CC=C1.[Cl-].[Cl-].[Ti+2]. The van der Waals surface area contributed by atoms with Gasteiger partial charge in [0.2, 0.25) is 0 Å². The predicted octanol–water partition coefficient (Wildman–Crippen LogP) is -2.81. The summed E-state index contributed by atoms with van der Waals surface area (Å²) in [5, 5.41) is 10.3. The van der Waals surface area contributed by atoms with Crippen molar-refractivity contribution in [2.24, 2.45) is 0 Å². The van der Waals surface area contributed by atoms with Crippen LogP contribution in [-0.4, -0.2) is 30.6 Å². The van der Waals surface area contributed by atoms with E-state index in [2.05, 4.69) is 37.2 Å². The van der Waals surface area contributed by atoms with Crippen molar-refractivity contribution >= 4 is 5.57 Å². The van der Waals surface area contributed by atoms with Crippen molar-refractivity contribution in [2.75, 3.05) is 20.6 Å². The molecule has 1 aromatic carbocycles. The second-order valence-corrected chi connectivity index (χ2v) is 5.95. The molecule has 0 heterocycles. The maximum absolute atomic E-state index is 10.3. The van der Waals surface area contributed by atoms with Gasteiger partial charge in [-0.05, 0) is 56.6 Å². The molecule has 22 heavy (non-hydrogen) atoms. The summed E-state index contributed by atoms with van der Waals surface area (Å²) in [6.07, 6.45) is 5.36. The Bertz CT molecular complexity index is 534. The zero-order valence-electron chi connectivity index (χ0n) is 13.5. The summed E-state index contributed by atoms with van der Waals surface area (Å²) in [4.78, 5) is 2.18. The van der Waals surface area contributed by atoms with E-state index in [1.165, 1.54) is 16.7 Å². The number of benzene rings is 1. The Morgan fingerprint density at radius 1 is 1.14 bits per heavy atom. The topological polar surface area (TPSA) is 23.5 Å². The Kier molecular flexibility index (Phi) is 10.9. The third kappa shape index (κ3) is 5.84. The van der Waals surface area contributed by atoms with Crippen molar-refractivity contribution in [1.82, 2.24) is 4.90 Å². The fourth-order valence-electron chi connectivity index (χ4n) is 2.60. The third-order valence-corrected chi connectivity index (χ3v) is 3.43. The number of nitrogens with zero attached hydrogens (tertiary/aromatic N) is 1. The number of halogens is 2. The fourth-order valence-corrected chi connectivity index (χ4v) is 2.60. The van der Waals surface area contributed by atoms with Gasteiger partial charge in [-0.25, -0.2) is 0 Å². The average Bonchev–Trinajstić information content (AvgIpc) is 2.75. The Hall–Kier alpha value is -0.0857. The normalized spacial score (nSPS) is 13.5. The molecule has 0 unspecified atom stereocenters. The third-order valence-electron chi connectivity index (χ3n) is 3.43. The first-order valence-electron chi connectivity index (χ1n) is 6.75. The van der Waals surface area contributed by atoms with Crippen LogP contribution in [0.3, 0.4) is 0 Å². The summed E-state index contributed by atoms with van der Waals surface area (Å²) in [6, 6.07) is 8.17. The van der Waals surface area contributed by atoms with Crippen molar-refractivity contribution < 1.29 is 51.6 Å². The minimum absolute atomic E-state index is 0. The van der Waals surface area contributed by atoms with Crippen LogP contribution in [0.25, 0.3) is 5.57 Å². The molecule has 2 nitrogen and oxygen atoms in total. The van der Waals surface area contributed by atoms with E-state index in [1.54, 1.807) is 0 Å². The van der Waals surface area contributed by atoms with Gasteiger partial charge in [-0.2, -0.15) is 0 Å². The van der Waals surface area contributed by atoms with Crippen LogP contribution < -0.4 is 24.8 Å². The number of hydrogen-bond acceptors (Lipinski definition) is 2. The van der Waals surface area contributed by atoms with Gasteiger partial charge < -0.3 is 34.8 Å².